The second-order valence-corrected chi connectivity index (χ2v) is 4.39. The van der Waals surface area contributed by atoms with E-state index in [1.165, 1.54) is 18.3 Å². The minimum Gasteiger partial charge on any atom is -0.330 e. The van der Waals surface area contributed by atoms with Gasteiger partial charge in [0.15, 0.2) is 0 Å². The van der Waals surface area contributed by atoms with E-state index < -0.39 is 11.9 Å². The van der Waals surface area contributed by atoms with E-state index in [1.807, 2.05) is 0 Å². The summed E-state index contributed by atoms with van der Waals surface area (Å²) in [6.07, 6.45) is -0.993. The second-order valence-electron chi connectivity index (χ2n) is 4.39. The van der Waals surface area contributed by atoms with Crippen LogP contribution in [0.25, 0.3) is 0 Å². The topological polar surface area (TPSA) is 38.9 Å². The van der Waals surface area contributed by atoms with Crippen LogP contribution in [0.4, 0.5) is 13.2 Å². The number of hydrogen-bond donors (Lipinski definition) is 1. The molecule has 2 rings (SSSR count). The van der Waals surface area contributed by atoms with Gasteiger partial charge in [0.2, 0.25) is 0 Å². The molecule has 0 saturated heterocycles. The second kappa shape index (κ2) is 3.73. The third kappa shape index (κ3) is 2.19. The number of nitrogens with zero attached hydrogens (tertiary/aromatic N) is 1. The molecular formula is C11H13F3N2. The van der Waals surface area contributed by atoms with E-state index in [9.17, 15) is 13.2 Å². The molecule has 0 unspecified atom stereocenters. The highest BCUT2D eigenvalue weighted by atomic mass is 19.4. The van der Waals surface area contributed by atoms with Gasteiger partial charge in [0.1, 0.15) is 5.69 Å². The van der Waals surface area contributed by atoms with E-state index in [0.29, 0.717) is 13.0 Å². The average Bonchev–Trinajstić information content (AvgIpc) is 2.98. The molecule has 16 heavy (non-hydrogen) atoms. The maximum Gasteiger partial charge on any atom is 0.433 e. The van der Waals surface area contributed by atoms with Crippen molar-refractivity contribution in [1.82, 2.24) is 4.98 Å². The predicted molar refractivity (Wildman–Crippen MR) is 53.7 cm³/mol. The number of aromatic nitrogens is 1. The van der Waals surface area contributed by atoms with Gasteiger partial charge in [-0.1, -0.05) is 6.07 Å². The van der Waals surface area contributed by atoms with Crippen LogP contribution < -0.4 is 5.73 Å². The van der Waals surface area contributed by atoms with E-state index in [0.717, 1.165) is 12.8 Å². The molecule has 1 aromatic heterocycles. The predicted octanol–water partition coefficient (Wildman–Crippen LogP) is 2.38. The lowest BCUT2D eigenvalue weighted by molar-refractivity contribution is -0.141. The van der Waals surface area contributed by atoms with Crippen LogP contribution in [-0.2, 0) is 12.6 Å². The van der Waals surface area contributed by atoms with Gasteiger partial charge in [-0.2, -0.15) is 13.2 Å². The summed E-state index contributed by atoms with van der Waals surface area (Å²) in [6, 6.07) is 3.03. The normalized spacial score (nSPS) is 18.5. The molecule has 1 heterocycles. The SMILES string of the molecule is NCC1(Cc2cccnc2C(F)(F)F)CC1. The van der Waals surface area contributed by atoms with Crippen molar-refractivity contribution in [2.45, 2.75) is 25.4 Å². The fourth-order valence-corrected chi connectivity index (χ4v) is 1.87. The number of nitrogens with two attached hydrogens (primary N) is 1. The molecule has 0 aliphatic heterocycles. The van der Waals surface area contributed by atoms with E-state index in [4.69, 9.17) is 5.73 Å². The van der Waals surface area contributed by atoms with Crippen molar-refractivity contribution in [2.24, 2.45) is 11.1 Å². The number of halogens is 3. The lowest BCUT2D eigenvalue weighted by Gasteiger charge is -2.16. The van der Waals surface area contributed by atoms with E-state index in [1.54, 1.807) is 0 Å². The van der Waals surface area contributed by atoms with Crippen LogP contribution >= 0.6 is 0 Å². The fraction of sp³-hybridized carbons (Fsp3) is 0.545. The summed E-state index contributed by atoms with van der Waals surface area (Å²) in [5.74, 6) is 0. The van der Waals surface area contributed by atoms with Gasteiger partial charge in [-0.05, 0) is 42.9 Å². The Hall–Kier alpha value is -1.10. The molecule has 2 nitrogen and oxygen atoms in total. The van der Waals surface area contributed by atoms with Crippen molar-refractivity contribution in [3.05, 3.63) is 29.6 Å². The molecule has 1 aliphatic rings. The Morgan fingerprint density at radius 3 is 2.56 bits per heavy atom. The minimum atomic E-state index is -4.37. The van der Waals surface area contributed by atoms with Gasteiger partial charge >= 0.3 is 6.18 Å². The molecule has 0 spiro atoms. The van der Waals surface area contributed by atoms with Crippen LogP contribution in [-0.4, -0.2) is 11.5 Å². The van der Waals surface area contributed by atoms with Crippen LogP contribution in [0.15, 0.2) is 18.3 Å². The van der Waals surface area contributed by atoms with Gasteiger partial charge in [0.05, 0.1) is 0 Å². The minimum absolute atomic E-state index is 0.108. The van der Waals surface area contributed by atoms with Crippen LogP contribution in [0.1, 0.15) is 24.1 Å². The first kappa shape index (κ1) is 11.4. The largest absolute Gasteiger partial charge is 0.433 e. The molecule has 88 valence electrons. The highest BCUT2D eigenvalue weighted by Gasteiger charge is 2.44. The fourth-order valence-electron chi connectivity index (χ4n) is 1.87. The van der Waals surface area contributed by atoms with Crippen molar-refractivity contribution in [3.63, 3.8) is 0 Å². The molecule has 0 radical (unpaired) electrons. The first-order valence-corrected chi connectivity index (χ1v) is 5.18. The molecule has 2 N–H and O–H groups in total. The number of rotatable bonds is 3. The zero-order chi connectivity index (χ0) is 11.8. The maximum absolute atomic E-state index is 12.7. The number of hydrogen-bond acceptors (Lipinski definition) is 2. The molecule has 1 aromatic rings. The first-order chi connectivity index (χ1) is 7.47. The zero-order valence-corrected chi connectivity index (χ0v) is 8.72. The van der Waals surface area contributed by atoms with Gasteiger partial charge < -0.3 is 5.73 Å². The van der Waals surface area contributed by atoms with Crippen LogP contribution in [0.2, 0.25) is 0 Å². The monoisotopic (exact) mass is 230 g/mol. The van der Waals surface area contributed by atoms with Gasteiger partial charge in [-0.3, -0.25) is 4.98 Å². The Labute approximate surface area is 91.7 Å². The Morgan fingerprint density at radius 1 is 1.38 bits per heavy atom. The summed E-state index contributed by atoms with van der Waals surface area (Å²) in [7, 11) is 0. The number of pyridine rings is 1. The summed E-state index contributed by atoms with van der Waals surface area (Å²) in [6.45, 7) is 0.444. The quantitative estimate of drug-likeness (QED) is 0.865. The lowest BCUT2D eigenvalue weighted by Crippen LogP contribution is -2.21. The van der Waals surface area contributed by atoms with Crippen LogP contribution in [0, 0.1) is 5.41 Å². The summed E-state index contributed by atoms with van der Waals surface area (Å²) in [4.78, 5) is 3.43. The van der Waals surface area contributed by atoms with Crippen molar-refractivity contribution in [1.29, 1.82) is 0 Å². The molecule has 1 saturated carbocycles. The average molecular weight is 230 g/mol. The molecule has 0 amide bonds. The Bertz CT molecular complexity index is 383. The Morgan fingerprint density at radius 2 is 2.06 bits per heavy atom. The summed E-state index contributed by atoms with van der Waals surface area (Å²) >= 11 is 0. The third-order valence-electron chi connectivity index (χ3n) is 3.12. The Balaban J connectivity index is 2.27. The summed E-state index contributed by atoms with van der Waals surface area (Å²) in [5, 5.41) is 0. The van der Waals surface area contributed by atoms with Gasteiger partial charge in [-0.25, -0.2) is 0 Å². The van der Waals surface area contributed by atoms with Crippen molar-refractivity contribution < 1.29 is 13.2 Å². The van der Waals surface area contributed by atoms with E-state index in [2.05, 4.69) is 4.98 Å². The highest BCUT2D eigenvalue weighted by Crippen LogP contribution is 2.48. The van der Waals surface area contributed by atoms with Crippen molar-refractivity contribution in [3.8, 4) is 0 Å². The van der Waals surface area contributed by atoms with Crippen molar-refractivity contribution >= 4 is 0 Å². The Kier molecular flexibility index (Phi) is 2.66. The zero-order valence-electron chi connectivity index (χ0n) is 8.72. The summed E-state index contributed by atoms with van der Waals surface area (Å²) < 4.78 is 38.0. The molecular weight excluding hydrogens is 217 g/mol. The van der Waals surface area contributed by atoms with Gasteiger partial charge in [0, 0.05) is 6.20 Å². The summed E-state index contributed by atoms with van der Waals surface area (Å²) in [5.41, 5.74) is 4.96. The molecule has 1 fully saturated rings. The molecule has 0 bridgehead atoms. The molecule has 5 heteroatoms. The standard InChI is InChI=1S/C11H13F3N2/c12-11(13,14)9-8(2-1-5-16-9)6-10(7-15)3-4-10/h1-2,5H,3-4,6-7,15H2. The van der Waals surface area contributed by atoms with Crippen LogP contribution in [0.5, 0.6) is 0 Å². The molecule has 1 aliphatic carbocycles. The smallest absolute Gasteiger partial charge is 0.330 e. The highest BCUT2D eigenvalue weighted by molar-refractivity contribution is 5.25. The maximum atomic E-state index is 12.7. The van der Waals surface area contributed by atoms with E-state index >= 15 is 0 Å². The van der Waals surface area contributed by atoms with Gasteiger partial charge in [-0.15, -0.1) is 0 Å². The lowest BCUT2D eigenvalue weighted by atomic mass is 9.95. The van der Waals surface area contributed by atoms with E-state index in [-0.39, 0.29) is 11.0 Å². The van der Waals surface area contributed by atoms with Crippen molar-refractivity contribution in [2.75, 3.05) is 6.54 Å². The molecule has 0 aromatic carbocycles. The molecule has 0 atom stereocenters. The number of alkyl halides is 3. The first-order valence-electron chi connectivity index (χ1n) is 5.18. The third-order valence-corrected chi connectivity index (χ3v) is 3.12. The van der Waals surface area contributed by atoms with Gasteiger partial charge in [0.25, 0.3) is 0 Å². The van der Waals surface area contributed by atoms with Crippen LogP contribution in [0.3, 0.4) is 0 Å².